The average molecular weight is 314 g/mol. The van der Waals surface area contributed by atoms with Gasteiger partial charge >= 0.3 is 0 Å². The zero-order valence-electron chi connectivity index (χ0n) is 13.4. The fourth-order valence-corrected chi connectivity index (χ4v) is 2.46. The fraction of sp³-hybridized carbons (Fsp3) is 0.800. The van der Waals surface area contributed by atoms with Crippen LogP contribution < -0.4 is 10.6 Å². The third kappa shape index (κ3) is 7.51. The Morgan fingerprint density at radius 3 is 2.32 bits per heavy atom. The monoisotopic (exact) mass is 314 g/mol. The summed E-state index contributed by atoms with van der Waals surface area (Å²) in [5.74, 6) is -0.175. The predicted molar refractivity (Wildman–Crippen MR) is 80.3 cm³/mol. The van der Waals surface area contributed by atoms with Gasteiger partial charge in [-0.1, -0.05) is 0 Å². The third-order valence-corrected chi connectivity index (χ3v) is 3.78. The van der Waals surface area contributed by atoms with Gasteiger partial charge in [0.15, 0.2) is 0 Å². The number of hydrogen-bond donors (Lipinski definition) is 2. The molecule has 1 fully saturated rings. The third-order valence-electron chi connectivity index (χ3n) is 3.78. The number of Topliss-reactive ketones (excluding diaryl/α,β-unsaturated/α-hetero) is 1. The minimum Gasteiger partial charge on any atom is -0.382 e. The van der Waals surface area contributed by atoms with Gasteiger partial charge in [-0.3, -0.25) is 14.4 Å². The zero-order valence-corrected chi connectivity index (χ0v) is 13.4. The molecule has 1 aliphatic carbocycles. The molecule has 0 aromatic heterocycles. The molecular weight excluding hydrogens is 288 g/mol. The lowest BCUT2D eigenvalue weighted by atomic mass is 9.84. The van der Waals surface area contributed by atoms with Crippen molar-refractivity contribution in [3.8, 4) is 0 Å². The van der Waals surface area contributed by atoms with E-state index in [1.54, 1.807) is 14.0 Å². The normalized spacial score (nSPS) is 21.2. The maximum absolute atomic E-state index is 11.8. The van der Waals surface area contributed by atoms with E-state index in [1.165, 1.54) is 0 Å². The minimum absolute atomic E-state index is 0.0564. The van der Waals surface area contributed by atoms with Crippen molar-refractivity contribution in [3.05, 3.63) is 0 Å². The van der Waals surface area contributed by atoms with E-state index in [0.717, 1.165) is 25.7 Å². The van der Waals surface area contributed by atoms with E-state index in [-0.39, 0.29) is 42.7 Å². The van der Waals surface area contributed by atoms with Crippen LogP contribution in [-0.4, -0.2) is 57.1 Å². The number of methoxy groups -OCH3 is 1. The Hall–Kier alpha value is -1.47. The summed E-state index contributed by atoms with van der Waals surface area (Å²) in [6.45, 7) is 2.25. The van der Waals surface area contributed by atoms with Gasteiger partial charge in [-0.2, -0.15) is 0 Å². The molecule has 1 rings (SSSR count). The Morgan fingerprint density at radius 2 is 1.73 bits per heavy atom. The number of carbonyl (C=O) groups excluding carboxylic acids is 3. The summed E-state index contributed by atoms with van der Waals surface area (Å²) in [6, 6.07) is 0.0953. The van der Waals surface area contributed by atoms with Crippen LogP contribution in [0.15, 0.2) is 0 Å². The van der Waals surface area contributed by atoms with Crippen LogP contribution in [-0.2, 0) is 23.9 Å². The van der Waals surface area contributed by atoms with E-state index in [1.807, 2.05) is 0 Å². The maximum Gasteiger partial charge on any atom is 0.246 e. The van der Waals surface area contributed by atoms with E-state index in [0.29, 0.717) is 13.2 Å². The second-order valence-corrected chi connectivity index (χ2v) is 5.55. The van der Waals surface area contributed by atoms with Gasteiger partial charge in [-0.25, -0.2) is 0 Å². The minimum atomic E-state index is -0.327. The SMILES string of the molecule is COCCOCC(=O)NCC(=O)NC1CCC(C(C)=O)CC1. The Balaban J connectivity index is 2.11. The second-order valence-electron chi connectivity index (χ2n) is 5.55. The molecule has 0 radical (unpaired) electrons. The van der Waals surface area contributed by atoms with Gasteiger partial charge in [0, 0.05) is 19.1 Å². The number of hydrogen-bond acceptors (Lipinski definition) is 5. The highest BCUT2D eigenvalue weighted by Crippen LogP contribution is 2.24. The largest absolute Gasteiger partial charge is 0.382 e. The van der Waals surface area contributed by atoms with Crippen molar-refractivity contribution in [2.45, 2.75) is 38.6 Å². The molecular formula is C15H26N2O5. The van der Waals surface area contributed by atoms with E-state index < -0.39 is 0 Å². The zero-order chi connectivity index (χ0) is 16.4. The van der Waals surface area contributed by atoms with E-state index in [9.17, 15) is 14.4 Å². The molecule has 1 saturated carbocycles. The molecule has 22 heavy (non-hydrogen) atoms. The first-order valence-electron chi connectivity index (χ1n) is 7.66. The van der Waals surface area contributed by atoms with Crippen molar-refractivity contribution in [3.63, 3.8) is 0 Å². The Labute approximate surface area is 131 Å². The molecule has 0 bridgehead atoms. The summed E-state index contributed by atoms with van der Waals surface area (Å²) in [4.78, 5) is 34.5. The second kappa shape index (κ2) is 10.3. The quantitative estimate of drug-likeness (QED) is 0.586. The average Bonchev–Trinajstić information content (AvgIpc) is 2.50. The van der Waals surface area contributed by atoms with Crippen molar-refractivity contribution >= 4 is 17.6 Å². The molecule has 0 aromatic rings. The van der Waals surface area contributed by atoms with Crippen LogP contribution in [0.1, 0.15) is 32.6 Å². The number of ketones is 1. The highest BCUT2D eigenvalue weighted by Gasteiger charge is 2.24. The van der Waals surface area contributed by atoms with Crippen LogP contribution in [0.5, 0.6) is 0 Å². The number of amides is 2. The number of rotatable bonds is 9. The van der Waals surface area contributed by atoms with Gasteiger partial charge in [-0.05, 0) is 32.6 Å². The highest BCUT2D eigenvalue weighted by molar-refractivity contribution is 5.85. The summed E-state index contributed by atoms with van der Waals surface area (Å²) in [7, 11) is 1.55. The molecule has 0 aliphatic heterocycles. The molecule has 0 spiro atoms. The highest BCUT2D eigenvalue weighted by atomic mass is 16.5. The van der Waals surface area contributed by atoms with Crippen molar-refractivity contribution in [1.29, 1.82) is 0 Å². The first kappa shape index (κ1) is 18.6. The van der Waals surface area contributed by atoms with Crippen LogP contribution in [0.2, 0.25) is 0 Å². The molecule has 7 nitrogen and oxygen atoms in total. The standard InChI is InChI=1S/C15H26N2O5/c1-11(18)12-3-5-13(6-4-12)17-14(19)9-16-15(20)10-22-8-7-21-2/h12-13H,3-10H2,1-2H3,(H,16,20)(H,17,19). The van der Waals surface area contributed by atoms with Gasteiger partial charge < -0.3 is 20.1 Å². The maximum atomic E-state index is 11.8. The predicted octanol–water partition coefficient (Wildman–Crippen LogP) is 0.0296. The van der Waals surface area contributed by atoms with Crippen LogP contribution >= 0.6 is 0 Å². The molecule has 0 atom stereocenters. The lowest BCUT2D eigenvalue weighted by molar-refractivity contribution is -0.129. The molecule has 0 saturated heterocycles. The van der Waals surface area contributed by atoms with Gasteiger partial charge in [0.2, 0.25) is 11.8 Å². The summed E-state index contributed by atoms with van der Waals surface area (Å²) < 4.78 is 9.84. The van der Waals surface area contributed by atoms with E-state index in [2.05, 4.69) is 10.6 Å². The van der Waals surface area contributed by atoms with Crippen molar-refractivity contribution < 1.29 is 23.9 Å². The molecule has 2 amide bonds. The van der Waals surface area contributed by atoms with Crippen molar-refractivity contribution in [1.82, 2.24) is 10.6 Å². The lowest BCUT2D eigenvalue weighted by Crippen LogP contribution is -2.44. The van der Waals surface area contributed by atoms with Crippen molar-refractivity contribution in [2.24, 2.45) is 5.92 Å². The number of nitrogens with one attached hydrogen (secondary N) is 2. The van der Waals surface area contributed by atoms with Gasteiger partial charge in [0.05, 0.1) is 19.8 Å². The molecule has 126 valence electrons. The van der Waals surface area contributed by atoms with Gasteiger partial charge in [0.25, 0.3) is 0 Å². The summed E-state index contributed by atoms with van der Waals surface area (Å²) in [5.41, 5.74) is 0. The Bertz CT molecular complexity index is 378. The molecule has 0 unspecified atom stereocenters. The fourth-order valence-electron chi connectivity index (χ4n) is 2.46. The van der Waals surface area contributed by atoms with Crippen LogP contribution in [0.3, 0.4) is 0 Å². The van der Waals surface area contributed by atoms with Crippen LogP contribution in [0.4, 0.5) is 0 Å². The smallest absolute Gasteiger partial charge is 0.246 e. The first-order valence-corrected chi connectivity index (χ1v) is 7.66. The van der Waals surface area contributed by atoms with Crippen LogP contribution in [0.25, 0.3) is 0 Å². The molecule has 2 N–H and O–H groups in total. The molecule has 1 aliphatic rings. The molecule has 0 aromatic carbocycles. The van der Waals surface area contributed by atoms with Crippen LogP contribution in [0, 0.1) is 5.92 Å². The summed E-state index contributed by atoms with van der Waals surface area (Å²) in [5, 5.41) is 5.39. The van der Waals surface area contributed by atoms with Crippen molar-refractivity contribution in [2.75, 3.05) is 33.5 Å². The Kier molecular flexibility index (Phi) is 8.69. The number of carbonyl (C=O) groups is 3. The topological polar surface area (TPSA) is 93.7 Å². The molecule has 7 heteroatoms. The Morgan fingerprint density at radius 1 is 1.05 bits per heavy atom. The van der Waals surface area contributed by atoms with Gasteiger partial charge in [0.1, 0.15) is 12.4 Å². The van der Waals surface area contributed by atoms with E-state index in [4.69, 9.17) is 9.47 Å². The van der Waals surface area contributed by atoms with Gasteiger partial charge in [-0.15, -0.1) is 0 Å². The summed E-state index contributed by atoms with van der Waals surface area (Å²) >= 11 is 0. The summed E-state index contributed by atoms with van der Waals surface area (Å²) in [6.07, 6.45) is 3.26. The van der Waals surface area contributed by atoms with E-state index >= 15 is 0 Å². The molecule has 0 heterocycles. The number of ether oxygens (including phenoxy) is 2. The lowest BCUT2D eigenvalue weighted by Gasteiger charge is -2.27. The first-order chi connectivity index (χ1) is 10.5.